The molecule has 1 amide bonds. The standard InChI is InChI=1S/C22H22N6O4.C2H6/c1-27(2)21(31)15-9-14(11-23)10-16(19(15)29)25-17-18(22(32)28(3)26-20(17)30)24-12-13-7-5-4-6-8-13;1-2/h4-10,24-25,29H,12H2,1-3H3,(H,26,30);1-2H3. The van der Waals surface area contributed by atoms with Crippen molar-refractivity contribution in [3.63, 3.8) is 0 Å². The molecule has 0 saturated heterocycles. The SMILES string of the molecule is CC.CN(C)C(=O)c1cc(C#N)cc(Nc2c(NCc3ccccc3)c(=O)n(C)[nH]c2=O)c1O. The van der Waals surface area contributed by atoms with Gasteiger partial charge in [-0.1, -0.05) is 44.2 Å². The first-order valence-corrected chi connectivity index (χ1v) is 10.6. The van der Waals surface area contributed by atoms with Crippen LogP contribution >= 0.6 is 0 Å². The van der Waals surface area contributed by atoms with Gasteiger partial charge in [-0.15, -0.1) is 0 Å². The van der Waals surface area contributed by atoms with Crippen molar-refractivity contribution >= 4 is 23.0 Å². The van der Waals surface area contributed by atoms with Crippen LogP contribution in [-0.4, -0.2) is 39.8 Å². The number of benzene rings is 2. The van der Waals surface area contributed by atoms with E-state index in [1.807, 2.05) is 50.2 Å². The van der Waals surface area contributed by atoms with E-state index >= 15 is 0 Å². The number of rotatable bonds is 6. The summed E-state index contributed by atoms with van der Waals surface area (Å²) in [7, 11) is 4.42. The molecule has 0 radical (unpaired) electrons. The smallest absolute Gasteiger partial charge is 0.290 e. The van der Waals surface area contributed by atoms with Crippen molar-refractivity contribution in [2.45, 2.75) is 20.4 Å². The van der Waals surface area contributed by atoms with Crippen molar-refractivity contribution < 1.29 is 9.90 Å². The fourth-order valence-electron chi connectivity index (χ4n) is 3.05. The zero-order chi connectivity index (χ0) is 25.4. The number of carbonyl (C=O) groups excluding carboxylic acids is 1. The minimum Gasteiger partial charge on any atom is -0.505 e. The maximum Gasteiger partial charge on any atom is 0.290 e. The highest BCUT2D eigenvalue weighted by molar-refractivity contribution is 5.99. The number of aryl methyl sites for hydroxylation is 1. The van der Waals surface area contributed by atoms with E-state index in [1.54, 1.807) is 0 Å². The fraction of sp³-hybridized carbons (Fsp3) is 0.250. The van der Waals surface area contributed by atoms with Crippen LogP contribution in [0.2, 0.25) is 0 Å². The summed E-state index contributed by atoms with van der Waals surface area (Å²) < 4.78 is 1.04. The lowest BCUT2D eigenvalue weighted by Crippen LogP contribution is -2.32. The molecule has 0 aliphatic rings. The van der Waals surface area contributed by atoms with Crippen LogP contribution in [0.25, 0.3) is 0 Å². The Labute approximate surface area is 197 Å². The first-order valence-electron chi connectivity index (χ1n) is 10.6. The van der Waals surface area contributed by atoms with E-state index in [1.165, 1.54) is 38.2 Å². The summed E-state index contributed by atoms with van der Waals surface area (Å²) in [5, 5.41) is 28.1. The number of aromatic amines is 1. The molecule has 178 valence electrons. The number of H-pyrrole nitrogens is 1. The fourth-order valence-corrected chi connectivity index (χ4v) is 3.05. The Balaban J connectivity index is 0.00000199. The van der Waals surface area contributed by atoms with Crippen molar-refractivity contribution in [1.29, 1.82) is 5.26 Å². The molecule has 3 aromatic rings. The molecule has 1 aromatic heterocycles. The highest BCUT2D eigenvalue weighted by Gasteiger charge is 2.21. The number of phenols is 1. The van der Waals surface area contributed by atoms with Gasteiger partial charge >= 0.3 is 0 Å². The summed E-state index contributed by atoms with van der Waals surface area (Å²) in [4.78, 5) is 39.1. The van der Waals surface area contributed by atoms with Gasteiger partial charge in [-0.05, 0) is 17.7 Å². The molecule has 3 rings (SSSR count). The lowest BCUT2D eigenvalue weighted by atomic mass is 10.1. The van der Waals surface area contributed by atoms with Crippen LogP contribution in [0.15, 0.2) is 52.1 Å². The average Bonchev–Trinajstić information content (AvgIpc) is 2.84. The van der Waals surface area contributed by atoms with Crippen LogP contribution in [0.3, 0.4) is 0 Å². The summed E-state index contributed by atoms with van der Waals surface area (Å²) in [5.74, 6) is -0.972. The van der Waals surface area contributed by atoms with Crippen LogP contribution in [0.4, 0.5) is 17.1 Å². The lowest BCUT2D eigenvalue weighted by molar-refractivity contribution is 0.0824. The quantitative estimate of drug-likeness (QED) is 0.411. The van der Waals surface area contributed by atoms with Gasteiger partial charge in [0.05, 0.1) is 22.9 Å². The predicted molar refractivity (Wildman–Crippen MR) is 132 cm³/mol. The van der Waals surface area contributed by atoms with Gasteiger partial charge in [0, 0.05) is 27.7 Å². The van der Waals surface area contributed by atoms with Crippen LogP contribution in [0, 0.1) is 11.3 Å². The van der Waals surface area contributed by atoms with Crippen LogP contribution < -0.4 is 21.8 Å². The van der Waals surface area contributed by atoms with Crippen molar-refractivity contribution in [1.82, 2.24) is 14.7 Å². The Bertz CT molecular complexity index is 1320. The van der Waals surface area contributed by atoms with Crippen LogP contribution in [0.5, 0.6) is 5.75 Å². The lowest BCUT2D eigenvalue weighted by Gasteiger charge is -2.17. The molecule has 10 heteroatoms. The summed E-state index contributed by atoms with van der Waals surface area (Å²) >= 11 is 0. The van der Waals surface area contributed by atoms with Gasteiger partial charge in [-0.3, -0.25) is 24.2 Å². The Kier molecular flexibility index (Phi) is 8.61. The van der Waals surface area contributed by atoms with Crippen LogP contribution in [0.1, 0.15) is 35.3 Å². The third-order valence-corrected chi connectivity index (χ3v) is 4.71. The third-order valence-electron chi connectivity index (χ3n) is 4.71. The number of hydrogen-bond donors (Lipinski definition) is 4. The zero-order valence-electron chi connectivity index (χ0n) is 19.8. The molecule has 34 heavy (non-hydrogen) atoms. The minimum atomic E-state index is -0.634. The van der Waals surface area contributed by atoms with Crippen molar-refractivity contribution in [3.8, 4) is 11.8 Å². The second kappa shape index (κ2) is 11.4. The molecule has 0 aliphatic heterocycles. The Morgan fingerprint density at radius 2 is 1.79 bits per heavy atom. The van der Waals surface area contributed by atoms with E-state index in [-0.39, 0.29) is 34.7 Å². The van der Waals surface area contributed by atoms with Crippen molar-refractivity contribution in [2.75, 3.05) is 24.7 Å². The highest BCUT2D eigenvalue weighted by atomic mass is 16.3. The number of nitrogens with zero attached hydrogens (tertiary/aromatic N) is 3. The summed E-state index contributed by atoms with van der Waals surface area (Å²) in [5.41, 5.74) is -0.525. The molecule has 1 heterocycles. The van der Waals surface area contributed by atoms with E-state index in [0.29, 0.717) is 0 Å². The summed E-state index contributed by atoms with van der Waals surface area (Å²) in [6, 6.07) is 13.7. The number of aromatic hydroxyl groups is 1. The van der Waals surface area contributed by atoms with Gasteiger partial charge in [-0.2, -0.15) is 5.26 Å². The largest absolute Gasteiger partial charge is 0.505 e. The molecular weight excluding hydrogens is 436 g/mol. The molecule has 0 bridgehead atoms. The molecule has 0 fully saturated rings. The summed E-state index contributed by atoms with van der Waals surface area (Å²) in [6.07, 6.45) is 0. The third kappa shape index (κ3) is 5.63. The minimum absolute atomic E-state index is 0.0256. The first-order chi connectivity index (χ1) is 16.2. The number of phenolic OH excluding ortho intramolecular Hbond substituents is 1. The maximum absolute atomic E-state index is 12.7. The van der Waals surface area contributed by atoms with Gasteiger partial charge in [-0.25, -0.2) is 0 Å². The number of nitriles is 1. The molecule has 0 saturated carbocycles. The average molecular weight is 465 g/mol. The molecule has 2 aromatic carbocycles. The zero-order valence-corrected chi connectivity index (χ0v) is 19.8. The second-order valence-corrected chi connectivity index (χ2v) is 7.25. The molecular formula is C24H28N6O4. The van der Waals surface area contributed by atoms with Gasteiger partial charge in [0.1, 0.15) is 11.4 Å². The topological polar surface area (TPSA) is 143 Å². The number of aromatic nitrogens is 2. The Morgan fingerprint density at radius 3 is 2.38 bits per heavy atom. The highest BCUT2D eigenvalue weighted by Crippen LogP contribution is 2.33. The van der Waals surface area contributed by atoms with Gasteiger partial charge in [0.25, 0.3) is 17.0 Å². The van der Waals surface area contributed by atoms with E-state index < -0.39 is 22.8 Å². The monoisotopic (exact) mass is 464 g/mol. The van der Waals surface area contributed by atoms with Gasteiger partial charge in [0.2, 0.25) is 0 Å². The summed E-state index contributed by atoms with van der Waals surface area (Å²) in [6.45, 7) is 4.27. The second-order valence-electron chi connectivity index (χ2n) is 7.25. The Hall–Kier alpha value is -4.52. The van der Waals surface area contributed by atoms with E-state index in [9.17, 15) is 24.8 Å². The molecule has 4 N–H and O–H groups in total. The van der Waals surface area contributed by atoms with Crippen molar-refractivity contribution in [2.24, 2.45) is 7.05 Å². The molecule has 0 aliphatic carbocycles. The maximum atomic E-state index is 12.7. The normalized spacial score (nSPS) is 9.88. The predicted octanol–water partition coefficient (Wildman–Crippen LogP) is 2.73. The van der Waals surface area contributed by atoms with E-state index in [4.69, 9.17) is 0 Å². The van der Waals surface area contributed by atoms with E-state index in [0.717, 1.165) is 10.2 Å². The number of nitrogens with one attached hydrogen (secondary N) is 3. The number of hydrogen-bond acceptors (Lipinski definition) is 7. The number of amides is 1. The van der Waals surface area contributed by atoms with Crippen LogP contribution in [-0.2, 0) is 13.6 Å². The number of anilines is 3. The molecule has 10 nitrogen and oxygen atoms in total. The molecule has 0 atom stereocenters. The van der Waals surface area contributed by atoms with Gasteiger partial charge < -0.3 is 20.6 Å². The van der Waals surface area contributed by atoms with Gasteiger partial charge in [0.15, 0.2) is 5.75 Å². The molecule has 0 spiro atoms. The molecule has 0 unspecified atom stereocenters. The number of carbonyl (C=O) groups is 1. The Morgan fingerprint density at radius 1 is 1.15 bits per heavy atom. The van der Waals surface area contributed by atoms with Crippen molar-refractivity contribution in [3.05, 3.63) is 79.9 Å². The van der Waals surface area contributed by atoms with E-state index in [2.05, 4.69) is 15.7 Å². The first kappa shape index (κ1) is 25.7.